The first-order chi connectivity index (χ1) is 19.5. The number of aryl methyl sites for hydroxylation is 2. The van der Waals surface area contributed by atoms with Crippen LogP contribution in [0.15, 0.2) is 100 Å². The van der Waals surface area contributed by atoms with Gasteiger partial charge in [-0.25, -0.2) is 9.98 Å². The van der Waals surface area contributed by atoms with Gasteiger partial charge in [-0.05, 0) is 66.6 Å². The van der Waals surface area contributed by atoms with Gasteiger partial charge in [0, 0.05) is 15.8 Å². The molecule has 0 unspecified atom stereocenters. The number of nitrogens with one attached hydrogen (secondary N) is 1. The van der Waals surface area contributed by atoms with Gasteiger partial charge in [-0.3, -0.25) is 10.1 Å². The first-order valence-corrected chi connectivity index (χ1v) is 13.9. The van der Waals surface area contributed by atoms with Crippen molar-refractivity contribution in [2.24, 2.45) is 4.99 Å². The normalized spacial score (nSPS) is 11.7. The van der Waals surface area contributed by atoms with Gasteiger partial charge in [0.2, 0.25) is 5.55 Å². The molecule has 6 rings (SSSR count). The smallest absolute Gasteiger partial charge is 0.262 e. The third-order valence-electron chi connectivity index (χ3n) is 6.72. The molecule has 2 heterocycles. The van der Waals surface area contributed by atoms with E-state index in [2.05, 4.69) is 47.6 Å². The molecule has 0 atom stereocenters. The zero-order valence-corrected chi connectivity index (χ0v) is 23.2. The molecule has 1 N–H and O–H groups in total. The Bertz CT molecular complexity index is 1940. The fraction of sp³-hybridized carbons (Fsp3) is 0.121. The van der Waals surface area contributed by atoms with Crippen LogP contribution in [-0.4, -0.2) is 18.0 Å². The molecule has 2 aromatic heterocycles. The second-order valence-electron chi connectivity index (χ2n) is 9.48. The quantitative estimate of drug-likeness (QED) is 0.230. The molecule has 1 amide bonds. The van der Waals surface area contributed by atoms with Crippen LogP contribution in [0.25, 0.3) is 33.0 Å². The number of carbonyl (C=O) groups is 1. The summed E-state index contributed by atoms with van der Waals surface area (Å²) in [4.78, 5) is 24.3. The number of rotatable bonds is 6. The van der Waals surface area contributed by atoms with Crippen LogP contribution in [0.2, 0.25) is 0 Å². The molecule has 0 radical (unpaired) electrons. The molecule has 0 aliphatic rings. The van der Waals surface area contributed by atoms with Crippen molar-refractivity contribution in [3.63, 3.8) is 0 Å². The maximum Gasteiger partial charge on any atom is 0.262 e. The highest BCUT2D eigenvalue weighted by molar-refractivity contribution is 7.16. The van der Waals surface area contributed by atoms with E-state index in [9.17, 15) is 4.79 Å². The second kappa shape index (κ2) is 10.8. The average molecular weight is 546 g/mol. The Hall–Kier alpha value is -4.75. The van der Waals surface area contributed by atoms with Gasteiger partial charge < -0.3 is 9.15 Å². The summed E-state index contributed by atoms with van der Waals surface area (Å²) in [5.74, 6) is 0.325. The maximum atomic E-state index is 13.7. The Labute approximate surface area is 235 Å². The van der Waals surface area contributed by atoms with E-state index in [0.29, 0.717) is 27.7 Å². The lowest BCUT2D eigenvalue weighted by Gasteiger charge is -2.07. The second-order valence-corrected chi connectivity index (χ2v) is 10.6. The van der Waals surface area contributed by atoms with Gasteiger partial charge in [0.15, 0.2) is 5.13 Å². The lowest BCUT2D eigenvalue weighted by molar-refractivity contribution is 0.102. The van der Waals surface area contributed by atoms with Crippen molar-refractivity contribution in [3.05, 3.63) is 113 Å². The summed E-state index contributed by atoms with van der Waals surface area (Å²) in [7, 11) is 1.61. The number of thiazole rings is 1. The first-order valence-electron chi connectivity index (χ1n) is 13.0. The lowest BCUT2D eigenvalue weighted by Crippen LogP contribution is -2.21. The van der Waals surface area contributed by atoms with Crippen molar-refractivity contribution in [2.75, 3.05) is 12.4 Å². The van der Waals surface area contributed by atoms with Gasteiger partial charge in [-0.15, -0.1) is 11.3 Å². The van der Waals surface area contributed by atoms with Crippen LogP contribution in [0.5, 0.6) is 5.75 Å². The molecule has 6 nitrogen and oxygen atoms in total. The van der Waals surface area contributed by atoms with Gasteiger partial charge >= 0.3 is 0 Å². The predicted octanol–water partition coefficient (Wildman–Crippen LogP) is 8.07. The van der Waals surface area contributed by atoms with E-state index in [-0.39, 0.29) is 11.5 Å². The van der Waals surface area contributed by atoms with E-state index >= 15 is 0 Å². The maximum absolute atomic E-state index is 13.7. The SMILES string of the molecule is CCc1sc(NC(=O)c2cc3cc(OC)ccc3oc2=Nc2ccc(C)cc2)nc1-c1ccc2ccccc2c1. The number of carbonyl (C=O) groups excluding carboxylic acids is 1. The summed E-state index contributed by atoms with van der Waals surface area (Å²) in [6.07, 6.45) is 0.800. The number of hydrogen-bond donors (Lipinski definition) is 1. The van der Waals surface area contributed by atoms with Gasteiger partial charge in [-0.1, -0.05) is 61.0 Å². The minimum Gasteiger partial charge on any atom is -0.497 e. The summed E-state index contributed by atoms with van der Waals surface area (Å²) >= 11 is 1.48. The Balaban J connectivity index is 1.40. The molecular weight excluding hydrogens is 518 g/mol. The molecule has 0 spiro atoms. The molecular formula is C33H27N3O3S. The van der Waals surface area contributed by atoms with Crippen molar-refractivity contribution in [1.29, 1.82) is 0 Å². The van der Waals surface area contributed by atoms with Crippen molar-refractivity contribution in [2.45, 2.75) is 20.3 Å². The molecule has 0 fully saturated rings. The summed E-state index contributed by atoms with van der Waals surface area (Å²) in [6, 6.07) is 29.6. The van der Waals surface area contributed by atoms with Gasteiger partial charge in [-0.2, -0.15) is 0 Å². The Morgan fingerprint density at radius 1 is 0.950 bits per heavy atom. The molecule has 6 aromatic rings. The van der Waals surface area contributed by atoms with Crippen LogP contribution in [0.4, 0.5) is 10.8 Å². The predicted molar refractivity (Wildman–Crippen MR) is 162 cm³/mol. The van der Waals surface area contributed by atoms with Gasteiger partial charge in [0.05, 0.1) is 18.5 Å². The molecule has 0 aliphatic heterocycles. The van der Waals surface area contributed by atoms with Crippen LogP contribution in [0.1, 0.15) is 27.7 Å². The summed E-state index contributed by atoms with van der Waals surface area (Å²) in [5.41, 5.74) is 4.85. The summed E-state index contributed by atoms with van der Waals surface area (Å²) in [6.45, 7) is 4.11. The number of anilines is 1. The zero-order valence-electron chi connectivity index (χ0n) is 22.4. The Kier molecular flexibility index (Phi) is 6.88. The van der Waals surface area contributed by atoms with Crippen molar-refractivity contribution < 1.29 is 13.9 Å². The lowest BCUT2D eigenvalue weighted by atomic mass is 10.0. The molecule has 7 heteroatoms. The average Bonchev–Trinajstić information content (AvgIpc) is 3.40. The van der Waals surface area contributed by atoms with E-state index in [0.717, 1.165) is 38.9 Å². The van der Waals surface area contributed by atoms with E-state index in [1.807, 2.05) is 61.5 Å². The number of hydrogen-bond acceptors (Lipinski definition) is 6. The van der Waals surface area contributed by atoms with Crippen molar-refractivity contribution in [1.82, 2.24) is 4.98 Å². The van der Waals surface area contributed by atoms with Crippen molar-refractivity contribution in [3.8, 4) is 17.0 Å². The van der Waals surface area contributed by atoms with Crippen LogP contribution in [0, 0.1) is 6.92 Å². The number of nitrogens with zero attached hydrogens (tertiary/aromatic N) is 2. The highest BCUT2D eigenvalue weighted by atomic mass is 32.1. The van der Waals surface area contributed by atoms with Crippen LogP contribution in [0.3, 0.4) is 0 Å². The topological polar surface area (TPSA) is 76.7 Å². The number of ether oxygens (including phenoxy) is 1. The van der Waals surface area contributed by atoms with E-state index in [1.165, 1.54) is 16.7 Å². The molecule has 40 heavy (non-hydrogen) atoms. The van der Waals surface area contributed by atoms with E-state index < -0.39 is 0 Å². The zero-order chi connectivity index (χ0) is 27.6. The largest absolute Gasteiger partial charge is 0.497 e. The van der Waals surface area contributed by atoms with Gasteiger partial charge in [0.25, 0.3) is 5.91 Å². The standard InChI is InChI=1S/C33H27N3O3S/c1-4-29-30(23-12-11-21-7-5-6-8-22(21)17-23)35-33(40-29)36-31(37)27-19-24-18-26(38-3)15-16-28(24)39-32(27)34-25-13-9-20(2)10-14-25/h5-19H,4H2,1-3H3,(H,35,36,37). The number of aromatic nitrogens is 1. The van der Waals surface area contributed by atoms with Crippen molar-refractivity contribution >= 4 is 49.8 Å². The molecule has 198 valence electrons. The molecule has 0 bridgehead atoms. The first kappa shape index (κ1) is 25.5. The number of benzene rings is 4. The molecule has 0 saturated heterocycles. The minimum atomic E-state index is -0.346. The fourth-order valence-electron chi connectivity index (χ4n) is 4.59. The van der Waals surface area contributed by atoms with Crippen LogP contribution < -0.4 is 15.6 Å². The number of methoxy groups -OCH3 is 1. The number of fused-ring (bicyclic) bond motifs is 2. The van der Waals surface area contributed by atoms with Gasteiger partial charge in [0.1, 0.15) is 16.9 Å². The Morgan fingerprint density at radius 3 is 2.52 bits per heavy atom. The van der Waals surface area contributed by atoms with Crippen LogP contribution >= 0.6 is 11.3 Å². The third-order valence-corrected chi connectivity index (χ3v) is 7.84. The summed E-state index contributed by atoms with van der Waals surface area (Å²) < 4.78 is 11.5. The van der Waals surface area contributed by atoms with Crippen LogP contribution in [-0.2, 0) is 6.42 Å². The highest BCUT2D eigenvalue weighted by Crippen LogP contribution is 2.33. The monoisotopic (exact) mass is 545 g/mol. The fourth-order valence-corrected chi connectivity index (χ4v) is 5.51. The minimum absolute atomic E-state index is 0.223. The molecule has 4 aromatic carbocycles. The molecule has 0 aliphatic carbocycles. The van der Waals surface area contributed by atoms with E-state index in [1.54, 1.807) is 13.2 Å². The number of amides is 1. The molecule has 0 saturated carbocycles. The third kappa shape index (κ3) is 5.11. The van der Waals surface area contributed by atoms with E-state index in [4.69, 9.17) is 14.1 Å². The highest BCUT2D eigenvalue weighted by Gasteiger charge is 2.18. The summed E-state index contributed by atoms with van der Waals surface area (Å²) in [5, 5.41) is 6.59. The Morgan fingerprint density at radius 2 is 1.75 bits per heavy atom.